The van der Waals surface area contributed by atoms with E-state index in [1.807, 2.05) is 32.0 Å². The number of aliphatic imine (C=N–C) groups is 1. The summed E-state index contributed by atoms with van der Waals surface area (Å²) in [5.74, 6) is 2.18. The second-order valence-electron chi connectivity index (χ2n) is 5.13. The van der Waals surface area contributed by atoms with Crippen LogP contribution in [0.15, 0.2) is 35.3 Å². The number of aryl methyl sites for hydroxylation is 1. The van der Waals surface area contributed by atoms with Crippen LogP contribution in [0, 0.1) is 6.92 Å². The van der Waals surface area contributed by atoms with Gasteiger partial charge in [-0.2, -0.15) is 0 Å². The molecule has 0 saturated heterocycles. The number of hydrogen-bond donors (Lipinski definition) is 2. The van der Waals surface area contributed by atoms with Crippen molar-refractivity contribution in [1.82, 2.24) is 5.32 Å². The molecule has 0 fully saturated rings. The number of nitrogens with one attached hydrogen (secondary N) is 2. The molecule has 1 aromatic carbocycles. The number of benzene rings is 1. The monoisotopic (exact) mass is 347 g/mol. The van der Waals surface area contributed by atoms with Gasteiger partial charge in [-0.1, -0.05) is 0 Å². The highest BCUT2D eigenvalue weighted by molar-refractivity contribution is 7.11. The average molecular weight is 347 g/mol. The van der Waals surface area contributed by atoms with Crippen LogP contribution in [0.1, 0.15) is 23.6 Å². The van der Waals surface area contributed by atoms with Gasteiger partial charge in [0, 0.05) is 28.1 Å². The van der Waals surface area contributed by atoms with E-state index < -0.39 is 0 Å². The molecule has 0 aliphatic carbocycles. The first kappa shape index (κ1) is 18.1. The van der Waals surface area contributed by atoms with E-state index in [9.17, 15) is 0 Å². The molecule has 24 heavy (non-hydrogen) atoms. The first-order valence-corrected chi connectivity index (χ1v) is 8.89. The van der Waals surface area contributed by atoms with Crippen molar-refractivity contribution in [2.45, 2.75) is 27.3 Å². The largest absolute Gasteiger partial charge is 0.493 e. The highest BCUT2D eigenvalue weighted by atomic mass is 32.1. The van der Waals surface area contributed by atoms with Crippen LogP contribution in [0.4, 0.5) is 5.69 Å². The summed E-state index contributed by atoms with van der Waals surface area (Å²) in [4.78, 5) is 7.19. The van der Waals surface area contributed by atoms with Gasteiger partial charge in [-0.25, -0.2) is 4.99 Å². The third-order valence-electron chi connectivity index (χ3n) is 3.26. The average Bonchev–Trinajstić information content (AvgIpc) is 2.99. The Morgan fingerprint density at radius 3 is 2.62 bits per heavy atom. The fraction of sp³-hybridized carbons (Fsp3) is 0.389. The summed E-state index contributed by atoms with van der Waals surface area (Å²) < 4.78 is 10.9. The predicted octanol–water partition coefficient (Wildman–Crippen LogP) is 4.04. The van der Waals surface area contributed by atoms with Crippen molar-refractivity contribution < 1.29 is 9.47 Å². The second-order valence-corrected chi connectivity index (χ2v) is 6.50. The minimum Gasteiger partial charge on any atom is -0.493 e. The van der Waals surface area contributed by atoms with Gasteiger partial charge in [0.1, 0.15) is 0 Å². The molecule has 0 aliphatic rings. The number of hydrogen-bond acceptors (Lipinski definition) is 4. The number of rotatable bonds is 7. The summed E-state index contributed by atoms with van der Waals surface area (Å²) in [6.45, 7) is 8.14. The summed E-state index contributed by atoms with van der Waals surface area (Å²) in [6, 6.07) is 9.99. The van der Waals surface area contributed by atoms with Crippen LogP contribution in [0.2, 0.25) is 0 Å². The summed E-state index contributed by atoms with van der Waals surface area (Å²) in [7, 11) is 1.64. The van der Waals surface area contributed by atoms with E-state index in [-0.39, 0.29) is 0 Å². The first-order valence-electron chi connectivity index (χ1n) is 8.07. The van der Waals surface area contributed by atoms with Gasteiger partial charge >= 0.3 is 0 Å². The Bertz CT molecular complexity index is 683. The minimum absolute atomic E-state index is 0.589. The van der Waals surface area contributed by atoms with E-state index >= 15 is 0 Å². The Balaban J connectivity index is 2.12. The molecule has 0 atom stereocenters. The van der Waals surface area contributed by atoms with Gasteiger partial charge in [-0.15, -0.1) is 11.3 Å². The van der Waals surface area contributed by atoms with E-state index in [1.165, 1.54) is 9.75 Å². The number of methoxy groups -OCH3 is 1. The molecule has 2 rings (SSSR count). The smallest absolute Gasteiger partial charge is 0.196 e. The fourth-order valence-corrected chi connectivity index (χ4v) is 3.01. The highest BCUT2D eigenvalue weighted by Crippen LogP contribution is 2.30. The van der Waals surface area contributed by atoms with Crippen LogP contribution in [0.5, 0.6) is 11.5 Å². The lowest BCUT2D eigenvalue weighted by Gasteiger charge is -2.14. The van der Waals surface area contributed by atoms with Crippen LogP contribution in [-0.2, 0) is 6.54 Å². The third kappa shape index (κ3) is 5.16. The number of guanidine groups is 1. The van der Waals surface area contributed by atoms with Gasteiger partial charge in [0.15, 0.2) is 17.5 Å². The van der Waals surface area contributed by atoms with Gasteiger partial charge in [0.2, 0.25) is 0 Å². The molecule has 0 saturated carbocycles. The molecule has 5 nitrogen and oxygen atoms in total. The molecule has 1 aromatic heterocycles. The van der Waals surface area contributed by atoms with Crippen molar-refractivity contribution in [1.29, 1.82) is 0 Å². The zero-order valence-corrected chi connectivity index (χ0v) is 15.5. The Labute approximate surface area is 147 Å². The minimum atomic E-state index is 0.589. The van der Waals surface area contributed by atoms with E-state index in [0.29, 0.717) is 13.2 Å². The molecule has 0 aliphatic heterocycles. The van der Waals surface area contributed by atoms with Gasteiger partial charge in [0.05, 0.1) is 20.3 Å². The van der Waals surface area contributed by atoms with Crippen LogP contribution < -0.4 is 20.1 Å². The molecular formula is C18H25N3O2S. The SMILES string of the molecule is CCNC(=NCc1ccc(C)s1)Nc1ccc(OC)c(OCC)c1. The predicted molar refractivity (Wildman–Crippen MR) is 102 cm³/mol. The lowest BCUT2D eigenvalue weighted by atomic mass is 10.2. The van der Waals surface area contributed by atoms with Crippen LogP contribution in [-0.4, -0.2) is 26.2 Å². The number of ether oxygens (including phenoxy) is 2. The zero-order chi connectivity index (χ0) is 17.4. The van der Waals surface area contributed by atoms with Crippen molar-refractivity contribution >= 4 is 23.0 Å². The Morgan fingerprint density at radius 2 is 2.00 bits per heavy atom. The van der Waals surface area contributed by atoms with E-state index in [0.717, 1.165) is 29.7 Å². The third-order valence-corrected chi connectivity index (χ3v) is 4.24. The fourth-order valence-electron chi connectivity index (χ4n) is 2.19. The van der Waals surface area contributed by atoms with Crippen LogP contribution >= 0.6 is 11.3 Å². The van der Waals surface area contributed by atoms with E-state index in [4.69, 9.17) is 9.47 Å². The van der Waals surface area contributed by atoms with Crippen molar-refractivity contribution in [2.75, 3.05) is 25.6 Å². The highest BCUT2D eigenvalue weighted by Gasteiger charge is 2.07. The molecular weight excluding hydrogens is 322 g/mol. The molecule has 0 bridgehead atoms. The van der Waals surface area contributed by atoms with Crippen molar-refractivity contribution in [3.63, 3.8) is 0 Å². The van der Waals surface area contributed by atoms with Crippen molar-refractivity contribution in [3.05, 3.63) is 40.1 Å². The first-order chi connectivity index (χ1) is 11.7. The molecule has 130 valence electrons. The van der Waals surface area contributed by atoms with Gasteiger partial charge in [-0.3, -0.25) is 0 Å². The number of nitrogens with zero attached hydrogens (tertiary/aromatic N) is 1. The molecule has 1 heterocycles. The lowest BCUT2D eigenvalue weighted by Crippen LogP contribution is -2.30. The Kier molecular flexibility index (Phi) is 6.93. The maximum Gasteiger partial charge on any atom is 0.196 e. The Hall–Kier alpha value is -2.21. The van der Waals surface area contributed by atoms with Crippen molar-refractivity contribution in [3.8, 4) is 11.5 Å². The Morgan fingerprint density at radius 1 is 1.17 bits per heavy atom. The molecule has 2 N–H and O–H groups in total. The number of anilines is 1. The van der Waals surface area contributed by atoms with Gasteiger partial charge in [0.25, 0.3) is 0 Å². The van der Waals surface area contributed by atoms with E-state index in [2.05, 4.69) is 34.7 Å². The molecule has 0 amide bonds. The van der Waals surface area contributed by atoms with Crippen molar-refractivity contribution in [2.24, 2.45) is 4.99 Å². The second kappa shape index (κ2) is 9.17. The summed E-state index contributed by atoms with van der Waals surface area (Å²) in [6.07, 6.45) is 0. The maximum atomic E-state index is 5.62. The van der Waals surface area contributed by atoms with Gasteiger partial charge in [-0.05, 0) is 45.0 Å². The van der Waals surface area contributed by atoms with Gasteiger partial charge < -0.3 is 20.1 Å². The lowest BCUT2D eigenvalue weighted by molar-refractivity contribution is 0.311. The van der Waals surface area contributed by atoms with Crippen LogP contribution in [0.3, 0.4) is 0 Å². The molecule has 0 radical (unpaired) electrons. The number of thiophene rings is 1. The zero-order valence-electron chi connectivity index (χ0n) is 14.7. The summed E-state index contributed by atoms with van der Waals surface area (Å²) >= 11 is 1.77. The van der Waals surface area contributed by atoms with E-state index in [1.54, 1.807) is 18.4 Å². The topological polar surface area (TPSA) is 54.9 Å². The molecule has 0 unspecified atom stereocenters. The normalized spacial score (nSPS) is 11.2. The molecule has 2 aromatic rings. The summed E-state index contributed by atoms with van der Waals surface area (Å²) in [5.41, 5.74) is 0.904. The standard InChI is InChI=1S/C18H25N3O2S/c1-5-19-18(20-12-15-9-7-13(3)24-15)21-14-8-10-16(22-4)17(11-14)23-6-2/h7-11H,5-6,12H2,1-4H3,(H2,19,20,21). The van der Waals surface area contributed by atoms with Crippen LogP contribution in [0.25, 0.3) is 0 Å². The molecule has 6 heteroatoms. The summed E-state index contributed by atoms with van der Waals surface area (Å²) in [5, 5.41) is 6.57. The maximum absolute atomic E-state index is 5.62. The molecule has 0 spiro atoms. The quantitative estimate of drug-likeness (QED) is 0.586.